The number of nitrogens with zero attached hydrogens (tertiary/aromatic N) is 2. The molecule has 5 heteroatoms. The first-order valence-corrected chi connectivity index (χ1v) is 11.1. The zero-order valence-electron chi connectivity index (χ0n) is 16.5. The first-order chi connectivity index (χ1) is 14.2. The van der Waals surface area contributed by atoms with Gasteiger partial charge in [0.1, 0.15) is 5.82 Å². The van der Waals surface area contributed by atoms with Crippen molar-refractivity contribution in [3.05, 3.63) is 63.7 Å². The molecule has 1 unspecified atom stereocenters. The maximum absolute atomic E-state index is 13.6. The second-order valence-electron chi connectivity index (χ2n) is 8.46. The summed E-state index contributed by atoms with van der Waals surface area (Å²) in [6, 6.07) is 13.8. The van der Waals surface area contributed by atoms with Gasteiger partial charge < -0.3 is 5.32 Å². The number of piperidine rings is 1. The van der Waals surface area contributed by atoms with Crippen molar-refractivity contribution < 1.29 is 0 Å². The van der Waals surface area contributed by atoms with E-state index in [0.29, 0.717) is 22.2 Å². The van der Waals surface area contributed by atoms with Crippen molar-refractivity contribution in [2.45, 2.75) is 44.6 Å². The molecule has 1 N–H and O–H groups in total. The quantitative estimate of drug-likeness (QED) is 0.663. The van der Waals surface area contributed by atoms with E-state index in [1.165, 1.54) is 19.3 Å². The van der Waals surface area contributed by atoms with E-state index < -0.39 is 0 Å². The summed E-state index contributed by atoms with van der Waals surface area (Å²) in [6.07, 6.45) is 5.87. The smallest absolute Gasteiger partial charge is 0.261 e. The van der Waals surface area contributed by atoms with Gasteiger partial charge in [0.05, 0.1) is 10.9 Å². The van der Waals surface area contributed by atoms with Crippen LogP contribution in [0.4, 0.5) is 0 Å². The topological polar surface area (TPSA) is 46.9 Å². The van der Waals surface area contributed by atoms with E-state index in [2.05, 4.69) is 11.4 Å². The molecule has 29 heavy (non-hydrogen) atoms. The van der Waals surface area contributed by atoms with Gasteiger partial charge >= 0.3 is 0 Å². The van der Waals surface area contributed by atoms with Crippen molar-refractivity contribution in [3.63, 3.8) is 0 Å². The van der Waals surface area contributed by atoms with Gasteiger partial charge in [0.15, 0.2) is 0 Å². The Bertz CT molecular complexity index is 1080. The van der Waals surface area contributed by atoms with Crippen molar-refractivity contribution in [2.24, 2.45) is 5.92 Å². The fraction of sp³-hybridized carbons (Fsp3) is 0.417. The van der Waals surface area contributed by atoms with Gasteiger partial charge in [-0.25, -0.2) is 4.98 Å². The molecule has 0 bridgehead atoms. The Kier molecular flexibility index (Phi) is 5.15. The van der Waals surface area contributed by atoms with Gasteiger partial charge in [-0.3, -0.25) is 9.36 Å². The van der Waals surface area contributed by atoms with Gasteiger partial charge in [-0.15, -0.1) is 0 Å². The normalized spacial score (nSPS) is 20.0. The van der Waals surface area contributed by atoms with Gasteiger partial charge in [-0.2, -0.15) is 0 Å². The maximum atomic E-state index is 13.6. The van der Waals surface area contributed by atoms with Crippen LogP contribution in [-0.4, -0.2) is 22.6 Å². The first-order valence-electron chi connectivity index (χ1n) is 10.7. The lowest BCUT2D eigenvalue weighted by molar-refractivity contribution is 0.312. The van der Waals surface area contributed by atoms with E-state index in [-0.39, 0.29) is 5.56 Å². The van der Waals surface area contributed by atoms with E-state index >= 15 is 0 Å². The lowest BCUT2D eigenvalue weighted by atomic mass is 9.84. The van der Waals surface area contributed by atoms with E-state index in [0.717, 1.165) is 54.9 Å². The predicted molar refractivity (Wildman–Crippen MR) is 119 cm³/mol. The molecular weight excluding hydrogens is 382 g/mol. The summed E-state index contributed by atoms with van der Waals surface area (Å²) in [6.45, 7) is 2.84. The highest BCUT2D eigenvalue weighted by Crippen LogP contribution is 2.36. The van der Waals surface area contributed by atoms with E-state index in [9.17, 15) is 4.79 Å². The molecule has 1 saturated heterocycles. The number of aromatic nitrogens is 2. The maximum Gasteiger partial charge on any atom is 0.261 e. The minimum atomic E-state index is 0.110. The molecule has 5 rings (SSSR count). The number of halogens is 1. The Balaban J connectivity index is 1.60. The highest BCUT2D eigenvalue weighted by Gasteiger charge is 2.27. The van der Waals surface area contributed by atoms with Crippen molar-refractivity contribution in [2.75, 3.05) is 13.1 Å². The second-order valence-corrected chi connectivity index (χ2v) is 8.90. The van der Waals surface area contributed by atoms with E-state index in [1.54, 1.807) is 0 Å². The Morgan fingerprint density at radius 2 is 1.83 bits per heavy atom. The van der Waals surface area contributed by atoms with Gasteiger partial charge in [0.2, 0.25) is 0 Å². The lowest BCUT2D eigenvalue weighted by Gasteiger charge is -2.30. The molecule has 0 radical (unpaired) electrons. The average Bonchev–Trinajstić information content (AvgIpc) is 2.71. The predicted octanol–water partition coefficient (Wildman–Crippen LogP) is 4.98. The Morgan fingerprint density at radius 1 is 1.03 bits per heavy atom. The third-order valence-electron chi connectivity index (χ3n) is 6.47. The van der Waals surface area contributed by atoms with Gasteiger partial charge in [0, 0.05) is 17.5 Å². The minimum absolute atomic E-state index is 0.110. The molecule has 1 atom stereocenters. The van der Waals surface area contributed by atoms with Crippen LogP contribution in [0.2, 0.25) is 5.02 Å². The molecule has 1 aliphatic heterocycles. The molecule has 1 aliphatic carbocycles. The highest BCUT2D eigenvalue weighted by molar-refractivity contribution is 6.30. The summed E-state index contributed by atoms with van der Waals surface area (Å²) in [5.74, 6) is 1.93. The summed E-state index contributed by atoms with van der Waals surface area (Å²) in [5.41, 5.74) is 3.00. The molecule has 2 heterocycles. The van der Waals surface area contributed by atoms with E-state index in [4.69, 9.17) is 16.6 Å². The molecule has 0 spiro atoms. The molecule has 4 nitrogen and oxygen atoms in total. The lowest BCUT2D eigenvalue weighted by Crippen LogP contribution is -2.37. The molecule has 3 aromatic rings. The fourth-order valence-corrected chi connectivity index (χ4v) is 4.68. The van der Waals surface area contributed by atoms with Crippen LogP contribution in [0.5, 0.6) is 0 Å². The average molecular weight is 408 g/mol. The van der Waals surface area contributed by atoms with Gasteiger partial charge in [-0.1, -0.05) is 36.2 Å². The fourth-order valence-electron chi connectivity index (χ4n) is 4.55. The molecular formula is C24H26ClN3O. The van der Waals surface area contributed by atoms with Crippen LogP contribution in [0.25, 0.3) is 22.0 Å². The van der Waals surface area contributed by atoms with E-state index in [1.807, 2.05) is 41.0 Å². The summed E-state index contributed by atoms with van der Waals surface area (Å²) < 4.78 is 2.00. The number of nitrogens with one attached hydrogen (secondary N) is 1. The number of benzene rings is 2. The van der Waals surface area contributed by atoms with Crippen molar-refractivity contribution in [1.82, 2.24) is 14.9 Å². The zero-order valence-corrected chi connectivity index (χ0v) is 17.3. The molecule has 2 aliphatic rings. The van der Waals surface area contributed by atoms with Gasteiger partial charge in [-0.05, 0) is 80.1 Å². The van der Waals surface area contributed by atoms with Crippen LogP contribution in [0.15, 0.2) is 47.3 Å². The summed E-state index contributed by atoms with van der Waals surface area (Å²) in [4.78, 5) is 18.6. The molecule has 2 aromatic carbocycles. The van der Waals surface area contributed by atoms with Crippen LogP contribution in [-0.2, 0) is 6.54 Å². The molecule has 0 amide bonds. The molecule has 2 fully saturated rings. The number of rotatable bonds is 4. The zero-order chi connectivity index (χ0) is 19.8. The largest absolute Gasteiger partial charge is 0.316 e. The first kappa shape index (κ1) is 18.8. The van der Waals surface area contributed by atoms with Crippen LogP contribution >= 0.6 is 11.6 Å². The standard InChI is InChI=1S/C24H26ClN3O/c25-20-9-6-17(7-10-20)19-8-11-22-21(13-19)24(29)28(15-16-3-2-12-26-14-16)23(27-22)18-4-1-5-18/h6-11,13,16,18,26H,1-5,12,14-15H2. The Hall–Kier alpha value is -2.17. The SMILES string of the molecule is O=c1c2cc(-c3ccc(Cl)cc3)ccc2nc(C2CCC2)n1CC1CCCNC1. The third-order valence-corrected chi connectivity index (χ3v) is 6.72. The second kappa shape index (κ2) is 7.92. The molecule has 1 aromatic heterocycles. The van der Waals surface area contributed by atoms with Crippen molar-refractivity contribution in [1.29, 1.82) is 0 Å². The summed E-state index contributed by atoms with van der Waals surface area (Å²) in [5, 5.41) is 4.90. The van der Waals surface area contributed by atoms with Crippen LogP contribution in [0, 0.1) is 5.92 Å². The van der Waals surface area contributed by atoms with Crippen LogP contribution in [0.3, 0.4) is 0 Å². The minimum Gasteiger partial charge on any atom is -0.316 e. The number of hydrogen-bond donors (Lipinski definition) is 1. The number of hydrogen-bond acceptors (Lipinski definition) is 3. The summed E-state index contributed by atoms with van der Waals surface area (Å²) >= 11 is 6.03. The number of fused-ring (bicyclic) bond motifs is 1. The molecule has 150 valence electrons. The van der Waals surface area contributed by atoms with Gasteiger partial charge in [0.25, 0.3) is 5.56 Å². The Morgan fingerprint density at radius 3 is 2.52 bits per heavy atom. The Labute approximate surface area is 175 Å². The van der Waals surface area contributed by atoms with Crippen LogP contribution in [0.1, 0.15) is 43.8 Å². The monoisotopic (exact) mass is 407 g/mol. The van der Waals surface area contributed by atoms with Crippen molar-refractivity contribution in [3.8, 4) is 11.1 Å². The van der Waals surface area contributed by atoms with Crippen molar-refractivity contribution >= 4 is 22.5 Å². The molecule has 1 saturated carbocycles. The summed E-state index contributed by atoms with van der Waals surface area (Å²) in [7, 11) is 0. The third kappa shape index (κ3) is 3.72. The highest BCUT2D eigenvalue weighted by atomic mass is 35.5. The van der Waals surface area contributed by atoms with Crippen LogP contribution < -0.4 is 10.9 Å².